The highest BCUT2D eigenvalue weighted by Gasteiger charge is 2.28. The first-order valence-corrected chi connectivity index (χ1v) is 12.7. The number of nitrogens with one attached hydrogen (secondary N) is 1. The summed E-state index contributed by atoms with van der Waals surface area (Å²) >= 11 is 14.2. The highest BCUT2D eigenvalue weighted by atomic mass is 35.5. The molecule has 0 radical (unpaired) electrons. The third kappa shape index (κ3) is 7.72. The van der Waals surface area contributed by atoms with Gasteiger partial charge in [0, 0.05) is 33.9 Å². The van der Waals surface area contributed by atoms with Crippen LogP contribution in [0.25, 0.3) is 0 Å². The fourth-order valence-corrected chi connectivity index (χ4v) is 4.76. The molecule has 1 N–H and O–H groups in total. The van der Waals surface area contributed by atoms with Crippen LogP contribution in [-0.4, -0.2) is 34.6 Å². The number of nitrogens with zero attached hydrogens (tertiary/aromatic N) is 1. The van der Waals surface area contributed by atoms with Gasteiger partial charge in [-0.2, -0.15) is 0 Å². The molecule has 7 heteroatoms. The Balaban J connectivity index is 2.16. The number of thioether (sulfide) groups is 1. The van der Waals surface area contributed by atoms with Crippen LogP contribution in [0.15, 0.2) is 36.4 Å². The molecular formula is C25H32Cl2N2O2S. The van der Waals surface area contributed by atoms with E-state index in [4.69, 9.17) is 23.2 Å². The molecule has 2 rings (SSSR count). The Morgan fingerprint density at radius 2 is 1.66 bits per heavy atom. The molecule has 0 aliphatic carbocycles. The molecule has 0 aliphatic rings. The minimum atomic E-state index is -0.648. The van der Waals surface area contributed by atoms with Crippen LogP contribution in [0.1, 0.15) is 49.4 Å². The Kier molecular flexibility index (Phi) is 10.4. The predicted octanol–water partition coefficient (Wildman–Crippen LogP) is 6.18. The van der Waals surface area contributed by atoms with Crippen LogP contribution in [0.2, 0.25) is 10.0 Å². The standard InChI is InChI=1S/C25H32Cl2N2O2S/c1-6-18(4)28-25(31)19(5)29(13-21-22(26)8-7-9-23(21)27)24(30)15-32-14-20-11-16(2)10-17(3)12-20/h7-12,18-19H,6,13-15H2,1-5H3,(H,28,31)/t18-,19+/m1/s1. The van der Waals surface area contributed by atoms with Gasteiger partial charge in [0.25, 0.3) is 0 Å². The average Bonchev–Trinajstić information content (AvgIpc) is 2.72. The van der Waals surface area contributed by atoms with Crippen molar-refractivity contribution in [1.82, 2.24) is 10.2 Å². The van der Waals surface area contributed by atoms with Crippen LogP contribution in [0.3, 0.4) is 0 Å². The largest absolute Gasteiger partial charge is 0.352 e. The van der Waals surface area contributed by atoms with Crippen molar-refractivity contribution >= 4 is 46.8 Å². The number of halogens is 2. The highest BCUT2D eigenvalue weighted by Crippen LogP contribution is 2.27. The first-order chi connectivity index (χ1) is 15.1. The van der Waals surface area contributed by atoms with Gasteiger partial charge in [0.15, 0.2) is 0 Å². The van der Waals surface area contributed by atoms with Gasteiger partial charge in [-0.1, -0.05) is 65.5 Å². The minimum Gasteiger partial charge on any atom is -0.352 e. The number of benzene rings is 2. The third-order valence-corrected chi connectivity index (χ3v) is 7.03. The second-order valence-corrected chi connectivity index (χ2v) is 10.0. The van der Waals surface area contributed by atoms with Gasteiger partial charge >= 0.3 is 0 Å². The lowest BCUT2D eigenvalue weighted by molar-refractivity contribution is -0.138. The molecule has 0 fully saturated rings. The zero-order valence-corrected chi connectivity index (χ0v) is 21.7. The van der Waals surface area contributed by atoms with E-state index in [-0.39, 0.29) is 30.2 Å². The monoisotopic (exact) mass is 494 g/mol. The summed E-state index contributed by atoms with van der Waals surface area (Å²) in [5.74, 6) is 0.677. The van der Waals surface area contributed by atoms with E-state index in [1.807, 2.05) is 13.8 Å². The number of carbonyl (C=O) groups excluding carboxylic acids is 2. The summed E-state index contributed by atoms with van der Waals surface area (Å²) < 4.78 is 0. The number of hydrogen-bond donors (Lipinski definition) is 1. The molecule has 4 nitrogen and oxygen atoms in total. The molecule has 0 aliphatic heterocycles. The molecule has 2 atom stereocenters. The van der Waals surface area contributed by atoms with Gasteiger partial charge in [0.1, 0.15) is 6.04 Å². The van der Waals surface area contributed by atoms with Gasteiger partial charge in [-0.05, 0) is 51.8 Å². The van der Waals surface area contributed by atoms with Crippen molar-refractivity contribution in [3.63, 3.8) is 0 Å². The van der Waals surface area contributed by atoms with Crippen molar-refractivity contribution in [2.24, 2.45) is 0 Å². The Hall–Kier alpha value is -1.69. The van der Waals surface area contributed by atoms with E-state index < -0.39 is 6.04 Å². The summed E-state index contributed by atoms with van der Waals surface area (Å²) in [6.07, 6.45) is 0.814. The zero-order chi connectivity index (χ0) is 23.8. The maximum absolute atomic E-state index is 13.2. The summed E-state index contributed by atoms with van der Waals surface area (Å²) in [4.78, 5) is 27.6. The van der Waals surface area contributed by atoms with Crippen molar-refractivity contribution in [3.8, 4) is 0 Å². The SMILES string of the molecule is CC[C@@H](C)NC(=O)[C@H](C)N(Cc1c(Cl)cccc1Cl)C(=O)CSCc1cc(C)cc(C)c1. The van der Waals surface area contributed by atoms with Crippen LogP contribution < -0.4 is 5.32 Å². The Morgan fingerprint density at radius 1 is 1.06 bits per heavy atom. The minimum absolute atomic E-state index is 0.0322. The topological polar surface area (TPSA) is 49.4 Å². The summed E-state index contributed by atoms with van der Waals surface area (Å²) in [5.41, 5.74) is 4.24. The van der Waals surface area contributed by atoms with E-state index in [2.05, 4.69) is 37.4 Å². The van der Waals surface area contributed by atoms with Gasteiger partial charge in [-0.15, -0.1) is 11.8 Å². The van der Waals surface area contributed by atoms with Gasteiger partial charge in [-0.25, -0.2) is 0 Å². The normalized spacial score (nSPS) is 12.8. The van der Waals surface area contributed by atoms with Crippen LogP contribution in [0.4, 0.5) is 0 Å². The molecule has 2 aromatic rings. The highest BCUT2D eigenvalue weighted by molar-refractivity contribution is 7.99. The second kappa shape index (κ2) is 12.5. The second-order valence-electron chi connectivity index (χ2n) is 8.20. The molecule has 0 saturated heterocycles. The third-order valence-electron chi connectivity index (χ3n) is 5.33. The van der Waals surface area contributed by atoms with E-state index in [1.165, 1.54) is 28.5 Å². The lowest BCUT2D eigenvalue weighted by Crippen LogP contribution is -2.50. The van der Waals surface area contributed by atoms with E-state index in [9.17, 15) is 9.59 Å². The lowest BCUT2D eigenvalue weighted by atomic mass is 10.1. The molecule has 0 saturated carbocycles. The molecule has 0 heterocycles. The Bertz CT molecular complexity index is 911. The van der Waals surface area contributed by atoms with E-state index in [1.54, 1.807) is 30.0 Å². The fraction of sp³-hybridized carbons (Fsp3) is 0.440. The fourth-order valence-electron chi connectivity index (χ4n) is 3.39. The van der Waals surface area contributed by atoms with E-state index in [0.717, 1.165) is 12.2 Å². The van der Waals surface area contributed by atoms with Gasteiger partial charge in [0.05, 0.1) is 5.75 Å². The van der Waals surface area contributed by atoms with Crippen molar-refractivity contribution < 1.29 is 9.59 Å². The van der Waals surface area contributed by atoms with E-state index >= 15 is 0 Å². The van der Waals surface area contributed by atoms with Crippen LogP contribution >= 0.6 is 35.0 Å². The molecule has 0 aromatic heterocycles. The quantitative estimate of drug-likeness (QED) is 0.429. The van der Waals surface area contributed by atoms with Gasteiger partial charge < -0.3 is 10.2 Å². The number of carbonyl (C=O) groups is 2. The lowest BCUT2D eigenvalue weighted by Gasteiger charge is -2.30. The molecule has 0 bridgehead atoms. The van der Waals surface area contributed by atoms with Crippen LogP contribution in [-0.2, 0) is 21.9 Å². The predicted molar refractivity (Wildman–Crippen MR) is 136 cm³/mol. The average molecular weight is 496 g/mol. The summed E-state index contributed by atoms with van der Waals surface area (Å²) in [6, 6.07) is 11.0. The number of aryl methyl sites for hydroxylation is 2. The molecule has 0 unspecified atom stereocenters. The van der Waals surface area contributed by atoms with Crippen molar-refractivity contribution in [3.05, 3.63) is 68.7 Å². The molecule has 32 heavy (non-hydrogen) atoms. The molecule has 2 aromatic carbocycles. The Morgan fingerprint density at radius 3 is 2.22 bits per heavy atom. The zero-order valence-electron chi connectivity index (χ0n) is 19.4. The Labute approximate surface area is 206 Å². The first kappa shape index (κ1) is 26.6. The number of rotatable bonds is 10. The first-order valence-electron chi connectivity index (χ1n) is 10.8. The van der Waals surface area contributed by atoms with Gasteiger partial charge in [-0.3, -0.25) is 9.59 Å². The maximum Gasteiger partial charge on any atom is 0.242 e. The van der Waals surface area contributed by atoms with E-state index in [0.29, 0.717) is 15.6 Å². The van der Waals surface area contributed by atoms with Crippen molar-refractivity contribution in [1.29, 1.82) is 0 Å². The van der Waals surface area contributed by atoms with Crippen LogP contribution in [0, 0.1) is 13.8 Å². The smallest absolute Gasteiger partial charge is 0.242 e. The number of hydrogen-bond acceptors (Lipinski definition) is 3. The summed E-state index contributed by atoms with van der Waals surface area (Å²) in [6.45, 7) is 10.0. The van der Waals surface area contributed by atoms with Crippen molar-refractivity contribution in [2.45, 2.75) is 65.4 Å². The number of amides is 2. The maximum atomic E-state index is 13.2. The summed E-state index contributed by atoms with van der Waals surface area (Å²) in [5, 5.41) is 3.93. The molecular weight excluding hydrogens is 463 g/mol. The van der Waals surface area contributed by atoms with Crippen LogP contribution in [0.5, 0.6) is 0 Å². The van der Waals surface area contributed by atoms with Gasteiger partial charge in [0.2, 0.25) is 11.8 Å². The molecule has 0 spiro atoms. The van der Waals surface area contributed by atoms with Crippen molar-refractivity contribution in [2.75, 3.05) is 5.75 Å². The molecule has 174 valence electrons. The molecule has 2 amide bonds. The summed E-state index contributed by atoms with van der Waals surface area (Å²) in [7, 11) is 0.